The first-order valence-electron chi connectivity index (χ1n) is 11.1. The molecule has 2 N–H and O–H groups in total. The van der Waals surface area contributed by atoms with Crippen molar-refractivity contribution in [2.24, 2.45) is 11.8 Å². The molecule has 1 heterocycles. The van der Waals surface area contributed by atoms with Crippen LogP contribution in [0.5, 0.6) is 0 Å². The number of nitrogens with zero attached hydrogens (tertiary/aromatic N) is 1. The number of carboxylic acid groups (broad SMARTS) is 1. The summed E-state index contributed by atoms with van der Waals surface area (Å²) in [6, 6.07) is -0.770. The minimum Gasteiger partial charge on any atom is -0.481 e. The third-order valence-electron chi connectivity index (χ3n) is 5.27. The number of rotatable bonds is 2. The standard InChI is InChI=1S/C22H38N2O8/c1-15-19(20(27)28)16(21(29)32-22(2,3)4)7-6-8-17(25)23-10-12-31-14-13-30-11-9-18(26)24(15)5/h15-16,19H,6-14H2,1-5H3,(H,23,25)(H,27,28). The number of hydrogen-bond donors (Lipinski definition) is 2. The number of carboxylic acids is 1. The molecule has 1 fully saturated rings. The van der Waals surface area contributed by atoms with Crippen LogP contribution >= 0.6 is 0 Å². The summed E-state index contributed by atoms with van der Waals surface area (Å²) in [7, 11) is 1.52. The van der Waals surface area contributed by atoms with E-state index in [-0.39, 0.29) is 37.7 Å². The molecular weight excluding hydrogens is 420 g/mol. The molecule has 0 saturated carbocycles. The highest BCUT2D eigenvalue weighted by molar-refractivity contribution is 5.83. The molecule has 1 saturated heterocycles. The number of aliphatic carboxylic acids is 1. The van der Waals surface area contributed by atoms with E-state index in [0.717, 1.165) is 0 Å². The van der Waals surface area contributed by atoms with Crippen molar-refractivity contribution in [2.45, 2.75) is 65.0 Å². The topological polar surface area (TPSA) is 131 Å². The van der Waals surface area contributed by atoms with Gasteiger partial charge in [-0.25, -0.2) is 0 Å². The first-order chi connectivity index (χ1) is 14.9. The fraction of sp³-hybridized carbons (Fsp3) is 0.818. The number of ether oxygens (including phenoxy) is 3. The summed E-state index contributed by atoms with van der Waals surface area (Å²) in [5.41, 5.74) is -0.800. The van der Waals surface area contributed by atoms with E-state index in [1.165, 1.54) is 11.9 Å². The minimum absolute atomic E-state index is 0.0837. The highest BCUT2D eigenvalue weighted by Gasteiger charge is 2.42. The summed E-state index contributed by atoms with van der Waals surface area (Å²) < 4.78 is 16.2. The zero-order valence-electron chi connectivity index (χ0n) is 19.8. The molecule has 1 rings (SSSR count). The SMILES string of the molecule is CC1C(C(=O)O)C(C(=O)OC(C)(C)C)CCCC(=O)NCCOCCOCCC(=O)N1C. The van der Waals surface area contributed by atoms with Crippen LogP contribution in [0.3, 0.4) is 0 Å². The van der Waals surface area contributed by atoms with Crippen LogP contribution in [0.25, 0.3) is 0 Å². The number of amides is 2. The van der Waals surface area contributed by atoms with Gasteiger partial charge in [-0.15, -0.1) is 0 Å². The van der Waals surface area contributed by atoms with Crippen LogP contribution in [0.2, 0.25) is 0 Å². The molecule has 0 aromatic carbocycles. The average Bonchev–Trinajstić information content (AvgIpc) is 2.68. The van der Waals surface area contributed by atoms with Crippen molar-refractivity contribution in [3.8, 4) is 0 Å². The number of nitrogens with one attached hydrogen (secondary N) is 1. The van der Waals surface area contributed by atoms with Crippen molar-refractivity contribution in [2.75, 3.05) is 40.0 Å². The molecule has 0 aromatic heterocycles. The summed E-state index contributed by atoms with van der Waals surface area (Å²) in [5.74, 6) is -4.53. The summed E-state index contributed by atoms with van der Waals surface area (Å²) in [6.07, 6.45) is 0.669. The van der Waals surface area contributed by atoms with Gasteiger partial charge in [-0.1, -0.05) is 0 Å². The fourth-order valence-electron chi connectivity index (χ4n) is 3.50. The maximum absolute atomic E-state index is 12.9. The van der Waals surface area contributed by atoms with E-state index in [9.17, 15) is 24.3 Å². The lowest BCUT2D eigenvalue weighted by atomic mass is 9.82. The Labute approximate surface area is 189 Å². The molecule has 3 atom stereocenters. The van der Waals surface area contributed by atoms with Gasteiger partial charge < -0.3 is 29.5 Å². The number of carbonyl (C=O) groups excluding carboxylic acids is 3. The fourth-order valence-corrected chi connectivity index (χ4v) is 3.50. The predicted octanol–water partition coefficient (Wildman–Crippen LogP) is 1.22. The molecule has 10 heteroatoms. The second-order valence-electron chi connectivity index (χ2n) is 8.97. The van der Waals surface area contributed by atoms with E-state index < -0.39 is 35.4 Å². The van der Waals surface area contributed by atoms with Crippen LogP contribution in [0, 0.1) is 11.8 Å². The van der Waals surface area contributed by atoms with Gasteiger partial charge >= 0.3 is 11.9 Å². The van der Waals surface area contributed by atoms with Crippen LogP contribution < -0.4 is 5.32 Å². The van der Waals surface area contributed by atoms with Crippen molar-refractivity contribution in [1.82, 2.24) is 10.2 Å². The molecule has 0 spiro atoms. The maximum Gasteiger partial charge on any atom is 0.310 e. The lowest BCUT2D eigenvalue weighted by Crippen LogP contribution is -2.48. The van der Waals surface area contributed by atoms with Crippen molar-refractivity contribution in [3.05, 3.63) is 0 Å². The van der Waals surface area contributed by atoms with Gasteiger partial charge in [-0.05, 0) is 40.5 Å². The van der Waals surface area contributed by atoms with Gasteiger partial charge in [0.15, 0.2) is 0 Å². The largest absolute Gasteiger partial charge is 0.481 e. The monoisotopic (exact) mass is 458 g/mol. The average molecular weight is 459 g/mol. The Morgan fingerprint density at radius 1 is 1.09 bits per heavy atom. The molecule has 0 aromatic rings. The van der Waals surface area contributed by atoms with E-state index in [1.807, 2.05) is 0 Å². The van der Waals surface area contributed by atoms with Gasteiger partial charge in [0, 0.05) is 26.1 Å². The second kappa shape index (κ2) is 13.4. The molecule has 0 bridgehead atoms. The smallest absolute Gasteiger partial charge is 0.310 e. The molecule has 184 valence electrons. The van der Waals surface area contributed by atoms with Crippen molar-refractivity contribution < 1.29 is 38.5 Å². The maximum atomic E-state index is 12.9. The van der Waals surface area contributed by atoms with Gasteiger partial charge in [0.1, 0.15) is 5.60 Å². The van der Waals surface area contributed by atoms with Gasteiger partial charge in [0.2, 0.25) is 11.8 Å². The molecule has 10 nitrogen and oxygen atoms in total. The van der Waals surface area contributed by atoms with Crippen LogP contribution in [0.1, 0.15) is 53.4 Å². The summed E-state index contributed by atoms with van der Waals surface area (Å²) >= 11 is 0. The van der Waals surface area contributed by atoms with Crippen molar-refractivity contribution >= 4 is 23.8 Å². The number of hydrogen-bond acceptors (Lipinski definition) is 7. The van der Waals surface area contributed by atoms with Gasteiger partial charge in [-0.2, -0.15) is 0 Å². The molecule has 1 aliphatic heterocycles. The third-order valence-corrected chi connectivity index (χ3v) is 5.27. The van der Waals surface area contributed by atoms with Crippen LogP contribution in [-0.2, 0) is 33.4 Å². The Balaban J connectivity index is 3.11. The van der Waals surface area contributed by atoms with Crippen molar-refractivity contribution in [3.63, 3.8) is 0 Å². The zero-order valence-corrected chi connectivity index (χ0v) is 19.8. The van der Waals surface area contributed by atoms with Crippen molar-refractivity contribution in [1.29, 1.82) is 0 Å². The molecule has 0 aliphatic carbocycles. The minimum atomic E-state index is -1.19. The molecule has 3 unspecified atom stereocenters. The van der Waals surface area contributed by atoms with Gasteiger partial charge in [0.25, 0.3) is 0 Å². The lowest BCUT2D eigenvalue weighted by Gasteiger charge is -2.34. The molecule has 0 radical (unpaired) electrons. The Hall–Kier alpha value is -2.20. The lowest BCUT2D eigenvalue weighted by molar-refractivity contribution is -0.169. The van der Waals surface area contributed by atoms with Crippen LogP contribution in [-0.4, -0.2) is 85.4 Å². The third kappa shape index (κ3) is 9.95. The van der Waals surface area contributed by atoms with Gasteiger partial charge in [-0.3, -0.25) is 19.2 Å². The predicted molar refractivity (Wildman–Crippen MR) is 116 cm³/mol. The normalized spacial score (nSPS) is 25.9. The summed E-state index contributed by atoms with van der Waals surface area (Å²) in [5, 5.41) is 12.7. The highest BCUT2D eigenvalue weighted by Crippen LogP contribution is 2.28. The Morgan fingerprint density at radius 2 is 1.72 bits per heavy atom. The van der Waals surface area contributed by atoms with Gasteiger partial charge in [0.05, 0.1) is 44.7 Å². The van der Waals surface area contributed by atoms with E-state index >= 15 is 0 Å². The first kappa shape index (κ1) is 27.8. The molecule has 32 heavy (non-hydrogen) atoms. The zero-order chi connectivity index (χ0) is 24.3. The Morgan fingerprint density at radius 3 is 2.31 bits per heavy atom. The molecular formula is C22H38N2O8. The quantitative estimate of drug-likeness (QED) is 0.591. The summed E-state index contributed by atoms with van der Waals surface area (Å²) in [4.78, 5) is 51.2. The summed E-state index contributed by atoms with van der Waals surface area (Å²) in [6.45, 7) is 8.20. The van der Waals surface area contributed by atoms with E-state index in [2.05, 4.69) is 5.32 Å². The Kier molecular flexibility index (Phi) is 11.6. The molecule has 2 amide bonds. The van der Waals surface area contributed by atoms with Crippen LogP contribution in [0.15, 0.2) is 0 Å². The Bertz CT molecular complexity index is 646. The van der Waals surface area contributed by atoms with E-state index in [4.69, 9.17) is 14.2 Å². The van der Waals surface area contributed by atoms with Crippen LogP contribution in [0.4, 0.5) is 0 Å². The second-order valence-corrected chi connectivity index (χ2v) is 8.97. The molecule has 1 aliphatic rings. The number of carbonyl (C=O) groups is 4. The number of esters is 1. The highest BCUT2D eigenvalue weighted by atomic mass is 16.6. The van der Waals surface area contributed by atoms with E-state index in [0.29, 0.717) is 32.8 Å². The first-order valence-corrected chi connectivity index (χ1v) is 11.1. The van der Waals surface area contributed by atoms with E-state index in [1.54, 1.807) is 27.7 Å².